The van der Waals surface area contributed by atoms with E-state index in [0.717, 1.165) is 25.3 Å². The van der Waals surface area contributed by atoms with Crippen molar-refractivity contribution in [2.24, 2.45) is 11.7 Å². The van der Waals surface area contributed by atoms with Crippen molar-refractivity contribution in [3.63, 3.8) is 0 Å². The van der Waals surface area contributed by atoms with Gasteiger partial charge < -0.3 is 15.4 Å². The molecular formula is C15H26N2O2. The number of nitrogens with zero attached hydrogens (tertiary/aromatic N) is 1. The van der Waals surface area contributed by atoms with Gasteiger partial charge >= 0.3 is 0 Å². The summed E-state index contributed by atoms with van der Waals surface area (Å²) in [5.41, 5.74) is 5.63. The van der Waals surface area contributed by atoms with Crippen molar-refractivity contribution in [3.05, 3.63) is 0 Å². The second-order valence-electron chi connectivity index (χ2n) is 6.35. The number of fused-ring (bicyclic) bond motifs is 1. The SMILES string of the molecule is NCC1CCC(C(=O)N2CCCC3CCCCC32)O1. The summed E-state index contributed by atoms with van der Waals surface area (Å²) in [6, 6.07) is 0.496. The second kappa shape index (κ2) is 5.80. The molecule has 0 aromatic rings. The molecular weight excluding hydrogens is 240 g/mol. The number of ether oxygens (including phenoxy) is 1. The Hall–Kier alpha value is -0.610. The van der Waals surface area contributed by atoms with Crippen molar-refractivity contribution < 1.29 is 9.53 Å². The summed E-state index contributed by atoms with van der Waals surface area (Å²) in [5, 5.41) is 0. The number of likely N-dealkylation sites (tertiary alicyclic amines) is 1. The lowest BCUT2D eigenvalue weighted by molar-refractivity contribution is -0.149. The molecule has 1 aliphatic carbocycles. The summed E-state index contributed by atoms with van der Waals surface area (Å²) in [7, 11) is 0. The van der Waals surface area contributed by atoms with E-state index in [4.69, 9.17) is 10.5 Å². The number of carbonyl (C=O) groups excluding carboxylic acids is 1. The summed E-state index contributed by atoms with van der Waals surface area (Å²) < 4.78 is 5.79. The molecule has 0 aromatic carbocycles. The van der Waals surface area contributed by atoms with Crippen molar-refractivity contribution >= 4 is 5.91 Å². The lowest BCUT2D eigenvalue weighted by Crippen LogP contribution is -2.52. The van der Waals surface area contributed by atoms with Crippen LogP contribution in [0.3, 0.4) is 0 Å². The summed E-state index contributed by atoms with van der Waals surface area (Å²) >= 11 is 0. The summed E-state index contributed by atoms with van der Waals surface area (Å²) in [4.78, 5) is 14.8. The molecule has 2 N–H and O–H groups in total. The maximum absolute atomic E-state index is 12.7. The molecule has 0 aromatic heterocycles. The first-order valence-electron chi connectivity index (χ1n) is 7.95. The van der Waals surface area contributed by atoms with Crippen LogP contribution in [0, 0.1) is 5.92 Å². The molecule has 108 valence electrons. The lowest BCUT2D eigenvalue weighted by atomic mass is 9.78. The van der Waals surface area contributed by atoms with Gasteiger partial charge in [0.15, 0.2) is 0 Å². The van der Waals surface area contributed by atoms with Crippen LogP contribution in [0.1, 0.15) is 51.4 Å². The van der Waals surface area contributed by atoms with Gasteiger partial charge in [-0.15, -0.1) is 0 Å². The maximum atomic E-state index is 12.7. The highest BCUT2D eigenvalue weighted by atomic mass is 16.5. The third-order valence-electron chi connectivity index (χ3n) is 5.17. The highest BCUT2D eigenvalue weighted by Gasteiger charge is 2.40. The molecule has 2 saturated heterocycles. The molecule has 4 atom stereocenters. The zero-order valence-corrected chi connectivity index (χ0v) is 11.7. The van der Waals surface area contributed by atoms with Gasteiger partial charge in [-0.2, -0.15) is 0 Å². The van der Waals surface area contributed by atoms with Gasteiger partial charge in [-0.1, -0.05) is 12.8 Å². The second-order valence-corrected chi connectivity index (χ2v) is 6.35. The van der Waals surface area contributed by atoms with E-state index in [0.29, 0.717) is 12.6 Å². The van der Waals surface area contributed by atoms with Crippen LogP contribution < -0.4 is 5.73 Å². The number of amides is 1. The first-order chi connectivity index (χ1) is 9.29. The fraction of sp³-hybridized carbons (Fsp3) is 0.933. The Balaban J connectivity index is 1.65. The molecule has 3 rings (SSSR count). The Kier molecular flexibility index (Phi) is 4.08. The van der Waals surface area contributed by atoms with E-state index in [1.54, 1.807) is 0 Å². The zero-order chi connectivity index (χ0) is 13.2. The van der Waals surface area contributed by atoms with Gasteiger partial charge in [0.05, 0.1) is 6.10 Å². The predicted octanol–water partition coefficient (Wildman–Crippen LogP) is 1.67. The lowest BCUT2D eigenvalue weighted by Gasteiger charge is -2.44. The molecule has 3 fully saturated rings. The minimum absolute atomic E-state index is 0.0980. The first-order valence-corrected chi connectivity index (χ1v) is 7.95. The van der Waals surface area contributed by atoms with E-state index in [1.807, 2.05) is 0 Å². The van der Waals surface area contributed by atoms with E-state index >= 15 is 0 Å². The monoisotopic (exact) mass is 266 g/mol. The zero-order valence-electron chi connectivity index (χ0n) is 11.7. The summed E-state index contributed by atoms with van der Waals surface area (Å²) in [5.74, 6) is 0.991. The summed E-state index contributed by atoms with van der Waals surface area (Å²) in [6.07, 6.45) is 9.29. The van der Waals surface area contributed by atoms with E-state index < -0.39 is 0 Å². The minimum Gasteiger partial charge on any atom is -0.364 e. The Morgan fingerprint density at radius 1 is 1.11 bits per heavy atom. The molecule has 0 bridgehead atoms. The fourth-order valence-corrected chi connectivity index (χ4v) is 4.14. The van der Waals surface area contributed by atoms with E-state index in [-0.39, 0.29) is 18.1 Å². The minimum atomic E-state index is -0.214. The van der Waals surface area contributed by atoms with Crippen molar-refractivity contribution in [3.8, 4) is 0 Å². The Morgan fingerprint density at radius 2 is 1.89 bits per heavy atom. The highest BCUT2D eigenvalue weighted by molar-refractivity contribution is 5.81. The van der Waals surface area contributed by atoms with Crippen molar-refractivity contribution in [2.75, 3.05) is 13.1 Å². The van der Waals surface area contributed by atoms with E-state index in [9.17, 15) is 4.79 Å². The van der Waals surface area contributed by atoms with Gasteiger partial charge in [0, 0.05) is 19.1 Å². The molecule has 4 nitrogen and oxygen atoms in total. The molecule has 19 heavy (non-hydrogen) atoms. The number of rotatable bonds is 2. The third-order valence-corrected chi connectivity index (χ3v) is 5.17. The van der Waals surface area contributed by atoms with Crippen molar-refractivity contribution in [2.45, 2.75) is 69.6 Å². The van der Waals surface area contributed by atoms with E-state index in [2.05, 4.69) is 4.90 Å². The first kappa shape index (κ1) is 13.4. The average Bonchev–Trinajstić information content (AvgIpc) is 2.95. The average molecular weight is 266 g/mol. The number of nitrogens with two attached hydrogens (primary N) is 1. The van der Waals surface area contributed by atoms with Gasteiger partial charge in [-0.05, 0) is 44.4 Å². The van der Waals surface area contributed by atoms with E-state index in [1.165, 1.54) is 38.5 Å². The number of hydrogen-bond acceptors (Lipinski definition) is 3. The topological polar surface area (TPSA) is 55.6 Å². The van der Waals surface area contributed by atoms with Gasteiger partial charge in [-0.25, -0.2) is 0 Å². The predicted molar refractivity (Wildman–Crippen MR) is 73.6 cm³/mol. The van der Waals surface area contributed by atoms with Crippen molar-refractivity contribution in [1.82, 2.24) is 4.90 Å². The Labute approximate surface area is 115 Å². The number of piperidine rings is 1. The standard InChI is InChI=1S/C15H26N2O2/c16-10-12-7-8-14(19-12)15(18)17-9-3-5-11-4-1-2-6-13(11)17/h11-14H,1-10,16H2. The maximum Gasteiger partial charge on any atom is 0.251 e. The molecule has 4 unspecified atom stereocenters. The molecule has 2 aliphatic heterocycles. The highest BCUT2D eigenvalue weighted by Crippen LogP contribution is 2.36. The number of hydrogen-bond donors (Lipinski definition) is 1. The summed E-state index contributed by atoms with van der Waals surface area (Å²) in [6.45, 7) is 1.48. The molecule has 2 heterocycles. The van der Waals surface area contributed by atoms with Gasteiger partial charge in [0.25, 0.3) is 5.91 Å². The van der Waals surface area contributed by atoms with Gasteiger partial charge in [0.1, 0.15) is 6.10 Å². The van der Waals surface area contributed by atoms with Crippen LogP contribution in [0.25, 0.3) is 0 Å². The van der Waals surface area contributed by atoms with Crippen LogP contribution >= 0.6 is 0 Å². The van der Waals surface area contributed by atoms with Crippen LogP contribution in [0.5, 0.6) is 0 Å². The largest absolute Gasteiger partial charge is 0.364 e. The molecule has 3 aliphatic rings. The smallest absolute Gasteiger partial charge is 0.251 e. The molecule has 0 spiro atoms. The Morgan fingerprint density at radius 3 is 2.68 bits per heavy atom. The van der Waals surface area contributed by atoms with Gasteiger partial charge in [0.2, 0.25) is 0 Å². The fourth-order valence-electron chi connectivity index (χ4n) is 4.14. The van der Waals surface area contributed by atoms with Crippen molar-refractivity contribution in [1.29, 1.82) is 0 Å². The van der Waals surface area contributed by atoms with Gasteiger partial charge in [-0.3, -0.25) is 4.79 Å². The van der Waals surface area contributed by atoms with Crippen LogP contribution in [0.4, 0.5) is 0 Å². The molecule has 0 radical (unpaired) electrons. The Bertz CT molecular complexity index is 332. The molecule has 1 saturated carbocycles. The van der Waals surface area contributed by atoms with Crippen LogP contribution in [-0.4, -0.2) is 42.1 Å². The quantitative estimate of drug-likeness (QED) is 0.827. The third kappa shape index (κ3) is 2.65. The number of carbonyl (C=O) groups is 1. The van der Waals surface area contributed by atoms with Crippen LogP contribution in [0.2, 0.25) is 0 Å². The molecule has 1 amide bonds. The van der Waals surface area contributed by atoms with Crippen LogP contribution in [-0.2, 0) is 9.53 Å². The normalized spacial score (nSPS) is 39.1. The molecule has 4 heteroatoms. The van der Waals surface area contributed by atoms with Crippen LogP contribution in [0.15, 0.2) is 0 Å².